The second-order valence-corrected chi connectivity index (χ2v) is 5.21. The van der Waals surface area contributed by atoms with E-state index in [1.807, 2.05) is 20.8 Å². The molecule has 0 radical (unpaired) electrons. The molecule has 4 heteroatoms. The van der Waals surface area contributed by atoms with E-state index < -0.39 is 11.7 Å². The highest BCUT2D eigenvalue weighted by molar-refractivity contribution is 5.67. The predicted octanol–water partition coefficient (Wildman–Crippen LogP) is 2.17. The van der Waals surface area contributed by atoms with Crippen LogP contribution >= 0.6 is 0 Å². The SMILES string of the molecule is CCC(C)C(CO)CNC(=O)OC(C)(C)C. The number of rotatable bonds is 5. The highest BCUT2D eigenvalue weighted by Crippen LogP contribution is 2.14. The molecule has 2 atom stereocenters. The van der Waals surface area contributed by atoms with Crippen molar-refractivity contribution in [2.45, 2.75) is 46.6 Å². The van der Waals surface area contributed by atoms with Crippen LogP contribution in [0.5, 0.6) is 0 Å². The van der Waals surface area contributed by atoms with Crippen LogP contribution in [0.25, 0.3) is 0 Å². The van der Waals surface area contributed by atoms with Gasteiger partial charge in [-0.15, -0.1) is 0 Å². The van der Waals surface area contributed by atoms with Gasteiger partial charge < -0.3 is 15.2 Å². The molecule has 0 fully saturated rings. The van der Waals surface area contributed by atoms with E-state index in [0.717, 1.165) is 6.42 Å². The molecular formula is C12H25NO3. The minimum Gasteiger partial charge on any atom is -0.444 e. The Morgan fingerprint density at radius 3 is 2.38 bits per heavy atom. The molecule has 0 aromatic rings. The minimum absolute atomic E-state index is 0.0881. The summed E-state index contributed by atoms with van der Waals surface area (Å²) in [7, 11) is 0. The largest absolute Gasteiger partial charge is 0.444 e. The molecule has 0 heterocycles. The molecule has 1 amide bonds. The van der Waals surface area contributed by atoms with Gasteiger partial charge in [0.25, 0.3) is 0 Å². The molecule has 0 rings (SSSR count). The maximum Gasteiger partial charge on any atom is 0.407 e. The second-order valence-electron chi connectivity index (χ2n) is 5.21. The third-order valence-electron chi connectivity index (χ3n) is 2.59. The average Bonchev–Trinajstić information content (AvgIpc) is 2.15. The van der Waals surface area contributed by atoms with Crippen LogP contribution in [0.15, 0.2) is 0 Å². The maximum absolute atomic E-state index is 11.4. The van der Waals surface area contributed by atoms with Crippen LogP contribution < -0.4 is 5.32 Å². The van der Waals surface area contributed by atoms with Crippen LogP contribution in [0.4, 0.5) is 4.79 Å². The summed E-state index contributed by atoms with van der Waals surface area (Å²) in [5, 5.41) is 11.9. The van der Waals surface area contributed by atoms with Gasteiger partial charge in [-0.1, -0.05) is 20.3 Å². The standard InChI is InChI=1S/C12H25NO3/c1-6-9(2)10(8-14)7-13-11(15)16-12(3,4)5/h9-10,14H,6-8H2,1-5H3,(H,13,15). The van der Waals surface area contributed by atoms with Gasteiger partial charge >= 0.3 is 6.09 Å². The molecule has 0 bridgehead atoms. The van der Waals surface area contributed by atoms with E-state index in [1.165, 1.54) is 0 Å². The third kappa shape index (κ3) is 6.67. The molecule has 0 aliphatic rings. The number of hydrogen-bond donors (Lipinski definition) is 2. The predicted molar refractivity (Wildman–Crippen MR) is 64.3 cm³/mol. The lowest BCUT2D eigenvalue weighted by molar-refractivity contribution is 0.0502. The Hall–Kier alpha value is -0.770. The van der Waals surface area contributed by atoms with Gasteiger partial charge in [0.05, 0.1) is 0 Å². The normalized spacial score (nSPS) is 15.4. The van der Waals surface area contributed by atoms with Crippen LogP contribution in [0, 0.1) is 11.8 Å². The number of ether oxygens (including phenoxy) is 1. The number of aliphatic hydroxyl groups excluding tert-OH is 1. The smallest absolute Gasteiger partial charge is 0.407 e. The first-order valence-electron chi connectivity index (χ1n) is 5.87. The Morgan fingerprint density at radius 1 is 1.44 bits per heavy atom. The lowest BCUT2D eigenvalue weighted by Crippen LogP contribution is -2.37. The number of carbonyl (C=O) groups is 1. The van der Waals surface area contributed by atoms with Crippen molar-refractivity contribution in [3.05, 3.63) is 0 Å². The van der Waals surface area contributed by atoms with Crippen LogP contribution in [0.1, 0.15) is 41.0 Å². The van der Waals surface area contributed by atoms with Gasteiger partial charge in [-0.3, -0.25) is 0 Å². The van der Waals surface area contributed by atoms with Crippen molar-refractivity contribution in [1.82, 2.24) is 5.32 Å². The Morgan fingerprint density at radius 2 is 2.00 bits per heavy atom. The van der Waals surface area contributed by atoms with E-state index >= 15 is 0 Å². The van der Waals surface area contributed by atoms with Crippen molar-refractivity contribution in [2.24, 2.45) is 11.8 Å². The second kappa shape index (κ2) is 6.74. The quantitative estimate of drug-likeness (QED) is 0.762. The first-order valence-corrected chi connectivity index (χ1v) is 5.87. The van der Waals surface area contributed by atoms with Crippen molar-refractivity contribution in [1.29, 1.82) is 0 Å². The van der Waals surface area contributed by atoms with E-state index in [2.05, 4.69) is 19.2 Å². The van der Waals surface area contributed by atoms with Crippen LogP contribution in [0.3, 0.4) is 0 Å². The first kappa shape index (κ1) is 15.2. The summed E-state index contributed by atoms with van der Waals surface area (Å²) in [5.74, 6) is 0.484. The molecule has 0 saturated heterocycles. The fraction of sp³-hybridized carbons (Fsp3) is 0.917. The summed E-state index contributed by atoms with van der Waals surface area (Å²) in [6.45, 7) is 10.2. The Balaban J connectivity index is 3.98. The average molecular weight is 231 g/mol. The fourth-order valence-corrected chi connectivity index (χ4v) is 1.31. The molecule has 2 N–H and O–H groups in total. The fourth-order valence-electron chi connectivity index (χ4n) is 1.31. The van der Waals surface area contributed by atoms with Crippen molar-refractivity contribution >= 4 is 6.09 Å². The summed E-state index contributed by atoms with van der Waals surface area (Å²) in [4.78, 5) is 11.4. The van der Waals surface area contributed by atoms with Crippen LogP contribution in [-0.2, 0) is 4.74 Å². The third-order valence-corrected chi connectivity index (χ3v) is 2.59. The molecular weight excluding hydrogens is 206 g/mol. The molecule has 0 aromatic carbocycles. The van der Waals surface area contributed by atoms with Gasteiger partial charge in [0, 0.05) is 19.1 Å². The van der Waals surface area contributed by atoms with Crippen molar-refractivity contribution in [3.8, 4) is 0 Å². The van der Waals surface area contributed by atoms with Gasteiger partial charge in [0.2, 0.25) is 0 Å². The van der Waals surface area contributed by atoms with Gasteiger partial charge in [-0.2, -0.15) is 0 Å². The number of alkyl carbamates (subject to hydrolysis) is 1. The number of hydrogen-bond acceptors (Lipinski definition) is 3. The van der Waals surface area contributed by atoms with Gasteiger partial charge in [0.1, 0.15) is 5.60 Å². The topological polar surface area (TPSA) is 58.6 Å². The Kier molecular flexibility index (Phi) is 6.41. The van der Waals surface area contributed by atoms with Crippen molar-refractivity contribution in [3.63, 3.8) is 0 Å². The van der Waals surface area contributed by atoms with E-state index in [9.17, 15) is 9.90 Å². The Labute approximate surface area is 98.4 Å². The van der Waals surface area contributed by atoms with Crippen molar-refractivity contribution in [2.75, 3.05) is 13.2 Å². The van der Waals surface area contributed by atoms with Gasteiger partial charge in [0.15, 0.2) is 0 Å². The minimum atomic E-state index is -0.477. The summed E-state index contributed by atoms with van der Waals surface area (Å²) >= 11 is 0. The molecule has 16 heavy (non-hydrogen) atoms. The number of aliphatic hydroxyl groups is 1. The van der Waals surface area contributed by atoms with Crippen LogP contribution in [-0.4, -0.2) is 30.0 Å². The monoisotopic (exact) mass is 231 g/mol. The molecule has 0 aliphatic heterocycles. The lowest BCUT2D eigenvalue weighted by atomic mass is 9.92. The molecule has 2 unspecified atom stereocenters. The number of nitrogens with one attached hydrogen (secondary N) is 1. The van der Waals surface area contributed by atoms with E-state index in [4.69, 9.17) is 4.74 Å². The summed E-state index contributed by atoms with van der Waals surface area (Å²) < 4.78 is 5.11. The molecule has 0 aromatic heterocycles. The lowest BCUT2D eigenvalue weighted by Gasteiger charge is -2.23. The molecule has 4 nitrogen and oxygen atoms in total. The zero-order valence-corrected chi connectivity index (χ0v) is 11.0. The highest BCUT2D eigenvalue weighted by Gasteiger charge is 2.19. The highest BCUT2D eigenvalue weighted by atomic mass is 16.6. The number of carbonyl (C=O) groups excluding carboxylic acids is 1. The summed E-state index contributed by atoms with van der Waals surface area (Å²) in [6, 6.07) is 0. The molecule has 0 saturated carbocycles. The molecule has 96 valence electrons. The number of amides is 1. The zero-order valence-electron chi connectivity index (χ0n) is 11.0. The van der Waals surface area contributed by atoms with E-state index in [1.54, 1.807) is 0 Å². The van der Waals surface area contributed by atoms with Crippen LogP contribution in [0.2, 0.25) is 0 Å². The first-order chi connectivity index (χ1) is 7.30. The summed E-state index contributed by atoms with van der Waals surface area (Å²) in [6.07, 6.45) is 0.565. The molecule has 0 spiro atoms. The van der Waals surface area contributed by atoms with E-state index in [0.29, 0.717) is 12.5 Å². The molecule has 0 aliphatic carbocycles. The Bertz CT molecular complexity index is 211. The zero-order chi connectivity index (χ0) is 12.8. The maximum atomic E-state index is 11.4. The summed E-state index contributed by atoms with van der Waals surface area (Å²) in [5.41, 5.74) is -0.477. The van der Waals surface area contributed by atoms with Gasteiger partial charge in [-0.25, -0.2) is 4.79 Å². The van der Waals surface area contributed by atoms with E-state index in [-0.39, 0.29) is 12.5 Å². The van der Waals surface area contributed by atoms with Gasteiger partial charge in [-0.05, 0) is 26.7 Å². The van der Waals surface area contributed by atoms with Crippen molar-refractivity contribution < 1.29 is 14.6 Å².